The van der Waals surface area contributed by atoms with Gasteiger partial charge in [-0.3, -0.25) is 4.79 Å². The zero-order chi connectivity index (χ0) is 30.1. The maximum Gasteiger partial charge on any atom is 0.322 e. The van der Waals surface area contributed by atoms with Crippen LogP contribution >= 0.6 is 0 Å². The lowest BCUT2D eigenvalue weighted by molar-refractivity contribution is -0.112. The first-order chi connectivity index (χ1) is 20.1. The highest BCUT2D eigenvalue weighted by atomic mass is 19.1. The first kappa shape index (κ1) is 27.9. The minimum Gasteiger partial charge on any atom is -0.421 e. The summed E-state index contributed by atoms with van der Waals surface area (Å²) in [4.78, 5) is 24.5. The number of rotatable bonds is 7. The highest BCUT2D eigenvalue weighted by Crippen LogP contribution is 2.45. The molecule has 2 aromatic carbocycles. The second-order valence-electron chi connectivity index (χ2n) is 9.54. The summed E-state index contributed by atoms with van der Waals surface area (Å²) in [6.07, 6.45) is 3.52. The van der Waals surface area contributed by atoms with Gasteiger partial charge in [-0.05, 0) is 55.3 Å². The van der Waals surface area contributed by atoms with Gasteiger partial charge in [-0.25, -0.2) is 18.7 Å². The molecule has 3 N–H and O–H groups in total. The monoisotopic (exact) mass is 565 g/mol. The van der Waals surface area contributed by atoms with Gasteiger partial charge < -0.3 is 20.4 Å². The maximum atomic E-state index is 15.7. The summed E-state index contributed by atoms with van der Waals surface area (Å²) in [5, 5.41) is 12.8. The average Bonchev–Trinajstić information content (AvgIpc) is 3.28. The van der Waals surface area contributed by atoms with Crippen LogP contribution < -0.4 is 15.8 Å². The van der Waals surface area contributed by atoms with E-state index in [0.717, 1.165) is 5.69 Å². The van der Waals surface area contributed by atoms with Crippen molar-refractivity contribution in [2.45, 2.75) is 20.3 Å². The molecule has 1 amide bonds. The van der Waals surface area contributed by atoms with E-state index in [9.17, 15) is 10.1 Å². The number of nitriles is 1. The Bertz CT molecular complexity index is 1940. The zero-order valence-electron chi connectivity index (χ0n) is 23.0. The fourth-order valence-electron chi connectivity index (χ4n) is 4.67. The van der Waals surface area contributed by atoms with Crippen molar-refractivity contribution in [1.82, 2.24) is 19.5 Å². The van der Waals surface area contributed by atoms with Gasteiger partial charge in [0.05, 0.1) is 22.2 Å². The van der Waals surface area contributed by atoms with E-state index in [1.165, 1.54) is 49.6 Å². The molecule has 0 aliphatic carbocycles. The number of fused-ring (bicyclic) bond motifs is 1. The summed E-state index contributed by atoms with van der Waals surface area (Å²) in [5.41, 5.74) is 9.29. The normalized spacial score (nSPS) is 10.9. The number of nitrogens with one attached hydrogen (secondary N) is 1. The number of nitrogens with two attached hydrogens (primary N) is 1. The molecule has 9 nitrogen and oxygen atoms in total. The predicted molar refractivity (Wildman–Crippen MR) is 156 cm³/mol. The lowest BCUT2D eigenvalue weighted by Gasteiger charge is -2.13. The van der Waals surface area contributed by atoms with E-state index in [4.69, 9.17) is 10.5 Å². The fourth-order valence-corrected chi connectivity index (χ4v) is 4.67. The highest BCUT2D eigenvalue weighted by molar-refractivity contribution is 6.11. The molecule has 0 unspecified atom stereocenters. The number of nitrogens with zero attached hydrogens (tertiary/aromatic N) is 5. The van der Waals surface area contributed by atoms with E-state index >= 15 is 8.78 Å². The quantitative estimate of drug-likeness (QED) is 0.221. The van der Waals surface area contributed by atoms with Gasteiger partial charge in [0.2, 0.25) is 0 Å². The molecular weight excluding hydrogens is 540 g/mol. The fraction of sp³-hybridized carbons (Fsp3) is 0.129. The maximum absolute atomic E-state index is 15.7. The predicted octanol–water partition coefficient (Wildman–Crippen LogP) is 6.30. The number of pyridine rings is 1. The van der Waals surface area contributed by atoms with Crippen molar-refractivity contribution in [3.63, 3.8) is 0 Å². The van der Waals surface area contributed by atoms with Crippen LogP contribution in [0.1, 0.15) is 25.1 Å². The van der Waals surface area contributed by atoms with Crippen LogP contribution in [0.25, 0.3) is 33.3 Å². The molecule has 5 aromatic rings. The molecule has 42 heavy (non-hydrogen) atoms. The Morgan fingerprint density at radius 3 is 2.62 bits per heavy atom. The molecule has 0 fully saturated rings. The number of aryl methyl sites for hydroxylation is 2. The zero-order valence-corrected chi connectivity index (χ0v) is 23.0. The van der Waals surface area contributed by atoms with E-state index in [-0.39, 0.29) is 40.0 Å². The van der Waals surface area contributed by atoms with Gasteiger partial charge in [0.15, 0.2) is 11.6 Å². The lowest BCUT2D eigenvalue weighted by atomic mass is 9.97. The van der Waals surface area contributed by atoms with Crippen LogP contribution in [0, 0.1) is 23.0 Å². The first-order valence-corrected chi connectivity index (χ1v) is 12.9. The minimum atomic E-state index is -0.720. The Morgan fingerprint density at radius 1 is 1.17 bits per heavy atom. The molecule has 0 aliphatic rings. The third-order valence-corrected chi connectivity index (χ3v) is 6.70. The number of aromatic nitrogens is 4. The lowest BCUT2D eigenvalue weighted by Crippen LogP contribution is -2.12. The molecule has 3 aromatic heterocycles. The molecule has 11 heteroatoms. The molecule has 0 aliphatic heterocycles. The van der Waals surface area contributed by atoms with E-state index < -0.39 is 17.5 Å². The number of carbonyl (C=O) groups is 1. The molecule has 3 heterocycles. The van der Waals surface area contributed by atoms with Gasteiger partial charge in [-0.2, -0.15) is 10.2 Å². The van der Waals surface area contributed by atoms with E-state index in [2.05, 4.69) is 32.9 Å². The van der Waals surface area contributed by atoms with Crippen molar-refractivity contribution in [3.8, 4) is 40.2 Å². The third-order valence-electron chi connectivity index (χ3n) is 6.70. The molecule has 5 rings (SSSR count). The van der Waals surface area contributed by atoms with Crippen molar-refractivity contribution in [3.05, 3.63) is 89.9 Å². The van der Waals surface area contributed by atoms with Gasteiger partial charge in [0.25, 0.3) is 5.91 Å². The first-order valence-electron chi connectivity index (χ1n) is 12.9. The molecule has 0 bridgehead atoms. The van der Waals surface area contributed by atoms with Crippen molar-refractivity contribution in [1.29, 1.82) is 5.26 Å². The number of benzene rings is 2. The largest absolute Gasteiger partial charge is 0.421 e. The van der Waals surface area contributed by atoms with Gasteiger partial charge in [0.1, 0.15) is 17.7 Å². The number of hydrogen-bond acceptors (Lipinski definition) is 7. The van der Waals surface area contributed by atoms with Gasteiger partial charge in [-0.1, -0.05) is 19.6 Å². The van der Waals surface area contributed by atoms with Crippen LogP contribution in [-0.2, 0) is 18.3 Å². The Kier molecular flexibility index (Phi) is 7.37. The second kappa shape index (κ2) is 11.1. The topological polar surface area (TPSA) is 132 Å². The Hall–Kier alpha value is -5.63. The van der Waals surface area contributed by atoms with E-state index in [0.29, 0.717) is 34.1 Å². The minimum absolute atomic E-state index is 0.000133. The molecule has 0 spiro atoms. The Morgan fingerprint density at radius 2 is 1.95 bits per heavy atom. The number of amides is 1. The summed E-state index contributed by atoms with van der Waals surface area (Å²) in [6.45, 7) is 7.06. The van der Waals surface area contributed by atoms with Crippen LogP contribution in [0.2, 0.25) is 0 Å². The molecule has 210 valence electrons. The smallest absolute Gasteiger partial charge is 0.322 e. The number of halogens is 2. The van der Waals surface area contributed by atoms with Crippen molar-refractivity contribution < 1.29 is 18.3 Å². The van der Waals surface area contributed by atoms with Gasteiger partial charge in [-0.15, -0.1) is 0 Å². The third kappa shape index (κ3) is 5.01. The van der Waals surface area contributed by atoms with Crippen LogP contribution in [-0.4, -0.2) is 25.4 Å². The number of ether oxygens (including phenoxy) is 1. The summed E-state index contributed by atoms with van der Waals surface area (Å²) < 4.78 is 38.4. The van der Waals surface area contributed by atoms with E-state index in [1.54, 1.807) is 23.7 Å². The van der Waals surface area contributed by atoms with Crippen LogP contribution in [0.3, 0.4) is 0 Å². The van der Waals surface area contributed by atoms with Crippen molar-refractivity contribution >= 4 is 28.3 Å². The number of carbonyl (C=O) groups excluding carboxylic acids is 1. The van der Waals surface area contributed by atoms with Crippen LogP contribution in [0.15, 0.2) is 67.0 Å². The molecule has 0 atom stereocenters. The second-order valence-corrected chi connectivity index (χ2v) is 9.54. The standard InChI is InChI=1S/C31H25F2N7O2/c1-5-19-10-11-36-31(39-19)42-24-9-6-17(12-23(24)33)25-26-27(18(14-34)15-37-29(26)35)40(4)28(25)21-8-7-20(13-22(21)32)38-30(41)16(2)3/h6-13,15H,2,5H2,1,3-4H3,(H2,35,37)(H,38,41). The number of nitrogen functional groups attached to an aromatic ring is 1. The number of hydrogen-bond donors (Lipinski definition) is 2. The van der Waals surface area contributed by atoms with Crippen molar-refractivity contribution in [2.75, 3.05) is 11.1 Å². The average molecular weight is 566 g/mol. The van der Waals surface area contributed by atoms with Crippen molar-refractivity contribution in [2.24, 2.45) is 7.05 Å². The summed E-state index contributed by atoms with van der Waals surface area (Å²) >= 11 is 0. The summed E-state index contributed by atoms with van der Waals surface area (Å²) in [5.74, 6) is -1.87. The summed E-state index contributed by atoms with van der Waals surface area (Å²) in [7, 11) is 1.66. The molecule has 0 saturated carbocycles. The van der Waals surface area contributed by atoms with Gasteiger partial charge >= 0.3 is 6.01 Å². The molecule has 0 radical (unpaired) electrons. The number of anilines is 2. The SMILES string of the molecule is C=C(C)C(=O)Nc1ccc(-c2c(-c3ccc(Oc4nccc(CC)n4)c(F)c3)c3c(N)ncc(C#N)c3n2C)c(F)c1. The molecular formula is C31H25F2N7O2. The summed E-state index contributed by atoms with van der Waals surface area (Å²) in [6, 6.07) is 12.3. The highest BCUT2D eigenvalue weighted by Gasteiger charge is 2.26. The van der Waals surface area contributed by atoms with E-state index in [1.807, 2.05) is 6.92 Å². The Labute approximate surface area is 239 Å². The van der Waals surface area contributed by atoms with Crippen LogP contribution in [0.5, 0.6) is 11.8 Å². The molecule has 0 saturated heterocycles. The van der Waals surface area contributed by atoms with Crippen LogP contribution in [0.4, 0.5) is 20.3 Å². The Balaban J connectivity index is 1.69. The van der Waals surface area contributed by atoms with Gasteiger partial charge in [0, 0.05) is 47.5 Å².